The van der Waals surface area contributed by atoms with Gasteiger partial charge in [-0.05, 0) is 25.5 Å². The fourth-order valence-electron chi connectivity index (χ4n) is 1.37. The zero-order chi connectivity index (χ0) is 12.8. The van der Waals surface area contributed by atoms with Gasteiger partial charge in [0.2, 0.25) is 0 Å². The number of aliphatic hydroxyl groups is 1. The standard InChI is InChI=1S/C11H16N2O3S/c1-8-7-10(13(15)16)3-4-11(8)12-5-6-17-9(2)14/h3-4,7,9,12,14H,5-6H2,1-2H3. The molecule has 1 atom stereocenters. The number of nitro groups is 1. The lowest BCUT2D eigenvalue weighted by Crippen LogP contribution is -2.07. The van der Waals surface area contributed by atoms with Gasteiger partial charge in [0, 0.05) is 30.1 Å². The highest BCUT2D eigenvalue weighted by Crippen LogP contribution is 2.21. The van der Waals surface area contributed by atoms with Crippen molar-refractivity contribution in [1.82, 2.24) is 0 Å². The third-order valence-corrected chi connectivity index (χ3v) is 3.12. The molecule has 2 N–H and O–H groups in total. The fourth-order valence-corrected chi connectivity index (χ4v) is 1.94. The van der Waals surface area contributed by atoms with Gasteiger partial charge in [-0.15, -0.1) is 11.8 Å². The SMILES string of the molecule is Cc1cc([N+](=O)[O-])ccc1NCCSC(C)O. The minimum atomic E-state index is -0.403. The van der Waals surface area contributed by atoms with Gasteiger partial charge in [0.1, 0.15) is 0 Å². The van der Waals surface area contributed by atoms with E-state index >= 15 is 0 Å². The number of nitro benzene ring substituents is 1. The van der Waals surface area contributed by atoms with E-state index in [9.17, 15) is 10.1 Å². The Hall–Kier alpha value is -1.27. The van der Waals surface area contributed by atoms with E-state index < -0.39 is 4.92 Å². The Balaban J connectivity index is 2.52. The summed E-state index contributed by atoms with van der Waals surface area (Å²) in [7, 11) is 0. The monoisotopic (exact) mass is 256 g/mol. The third-order valence-electron chi connectivity index (χ3n) is 2.20. The van der Waals surface area contributed by atoms with Gasteiger partial charge in [0.05, 0.1) is 10.4 Å². The highest BCUT2D eigenvalue weighted by atomic mass is 32.2. The number of thioether (sulfide) groups is 1. The number of anilines is 1. The molecule has 0 aromatic heterocycles. The lowest BCUT2D eigenvalue weighted by atomic mass is 10.2. The molecule has 6 heteroatoms. The van der Waals surface area contributed by atoms with Gasteiger partial charge in [0.15, 0.2) is 0 Å². The maximum absolute atomic E-state index is 10.6. The van der Waals surface area contributed by atoms with Crippen molar-refractivity contribution in [2.24, 2.45) is 0 Å². The van der Waals surface area contributed by atoms with Crippen molar-refractivity contribution in [2.45, 2.75) is 19.3 Å². The van der Waals surface area contributed by atoms with Gasteiger partial charge in [-0.1, -0.05) is 0 Å². The van der Waals surface area contributed by atoms with Crippen LogP contribution in [0.25, 0.3) is 0 Å². The second-order valence-electron chi connectivity index (χ2n) is 3.65. The van der Waals surface area contributed by atoms with E-state index in [2.05, 4.69) is 5.32 Å². The number of benzene rings is 1. The summed E-state index contributed by atoms with van der Waals surface area (Å²) in [4.78, 5) is 10.2. The van der Waals surface area contributed by atoms with Crippen LogP contribution in [0.15, 0.2) is 18.2 Å². The van der Waals surface area contributed by atoms with E-state index in [0.29, 0.717) is 6.54 Å². The summed E-state index contributed by atoms with van der Waals surface area (Å²) < 4.78 is 0. The normalized spacial score (nSPS) is 12.2. The van der Waals surface area contributed by atoms with Gasteiger partial charge in [0.25, 0.3) is 5.69 Å². The molecule has 0 spiro atoms. The Bertz CT molecular complexity index is 396. The Morgan fingerprint density at radius 2 is 2.29 bits per heavy atom. The van der Waals surface area contributed by atoms with Gasteiger partial charge >= 0.3 is 0 Å². The van der Waals surface area contributed by atoms with Crippen LogP contribution < -0.4 is 5.32 Å². The van der Waals surface area contributed by atoms with Crippen LogP contribution in [-0.2, 0) is 0 Å². The van der Waals surface area contributed by atoms with Crippen molar-refractivity contribution in [3.8, 4) is 0 Å². The summed E-state index contributed by atoms with van der Waals surface area (Å²) in [5.41, 5.74) is 1.48. The fraction of sp³-hybridized carbons (Fsp3) is 0.455. The van der Waals surface area contributed by atoms with Crippen molar-refractivity contribution >= 4 is 23.1 Å². The molecular weight excluding hydrogens is 240 g/mol. The average molecular weight is 256 g/mol. The van der Waals surface area contributed by atoms with Crippen molar-refractivity contribution in [1.29, 1.82) is 0 Å². The lowest BCUT2D eigenvalue weighted by Gasteiger charge is -2.09. The molecular formula is C11H16N2O3S. The number of hydrogen-bond acceptors (Lipinski definition) is 5. The van der Waals surface area contributed by atoms with Crippen LogP contribution in [0.4, 0.5) is 11.4 Å². The number of rotatable bonds is 6. The molecule has 0 saturated carbocycles. The van der Waals surface area contributed by atoms with Crippen LogP contribution in [-0.4, -0.2) is 27.8 Å². The highest BCUT2D eigenvalue weighted by Gasteiger charge is 2.07. The van der Waals surface area contributed by atoms with Gasteiger partial charge in [-0.3, -0.25) is 10.1 Å². The first kappa shape index (κ1) is 13.8. The van der Waals surface area contributed by atoms with E-state index in [-0.39, 0.29) is 11.1 Å². The summed E-state index contributed by atoms with van der Waals surface area (Å²) in [6.45, 7) is 4.27. The molecule has 0 radical (unpaired) electrons. The second kappa shape index (κ2) is 6.46. The number of non-ortho nitro benzene ring substituents is 1. The number of nitrogens with one attached hydrogen (secondary N) is 1. The van der Waals surface area contributed by atoms with Crippen LogP contribution in [0.5, 0.6) is 0 Å². The average Bonchev–Trinajstić information content (AvgIpc) is 2.25. The molecule has 1 rings (SSSR count). The lowest BCUT2D eigenvalue weighted by molar-refractivity contribution is -0.384. The minimum absolute atomic E-state index is 0.103. The molecule has 0 bridgehead atoms. The predicted molar refractivity (Wildman–Crippen MR) is 70.5 cm³/mol. The maximum Gasteiger partial charge on any atom is 0.269 e. The largest absolute Gasteiger partial charge is 0.384 e. The van der Waals surface area contributed by atoms with Crippen LogP contribution in [0.3, 0.4) is 0 Å². The summed E-state index contributed by atoms with van der Waals surface area (Å²) in [6, 6.07) is 4.74. The smallest absolute Gasteiger partial charge is 0.269 e. The molecule has 1 unspecified atom stereocenters. The van der Waals surface area contributed by atoms with Gasteiger partial charge in [-0.25, -0.2) is 0 Å². The van der Waals surface area contributed by atoms with E-state index in [4.69, 9.17) is 5.11 Å². The van der Waals surface area contributed by atoms with Crippen molar-refractivity contribution < 1.29 is 10.0 Å². The molecule has 0 fully saturated rings. The molecule has 94 valence electrons. The number of aryl methyl sites for hydroxylation is 1. The zero-order valence-electron chi connectivity index (χ0n) is 9.84. The summed E-state index contributed by atoms with van der Waals surface area (Å²) in [5, 5.41) is 22.8. The number of aliphatic hydroxyl groups excluding tert-OH is 1. The number of hydrogen-bond donors (Lipinski definition) is 2. The van der Waals surface area contributed by atoms with Gasteiger partial charge in [-0.2, -0.15) is 0 Å². The molecule has 1 aromatic rings. The van der Waals surface area contributed by atoms with Gasteiger partial charge < -0.3 is 10.4 Å². The van der Waals surface area contributed by atoms with Crippen molar-refractivity contribution in [3.63, 3.8) is 0 Å². The zero-order valence-corrected chi connectivity index (χ0v) is 10.7. The molecule has 0 saturated heterocycles. The summed E-state index contributed by atoms with van der Waals surface area (Å²) >= 11 is 1.45. The molecule has 0 aliphatic heterocycles. The first-order chi connectivity index (χ1) is 8.00. The van der Waals surface area contributed by atoms with Crippen LogP contribution >= 0.6 is 11.8 Å². The second-order valence-corrected chi connectivity index (χ2v) is 5.08. The van der Waals surface area contributed by atoms with Crippen molar-refractivity contribution in [2.75, 3.05) is 17.6 Å². The van der Waals surface area contributed by atoms with E-state index in [0.717, 1.165) is 17.0 Å². The molecule has 0 aliphatic rings. The molecule has 1 aromatic carbocycles. The van der Waals surface area contributed by atoms with Crippen molar-refractivity contribution in [3.05, 3.63) is 33.9 Å². The van der Waals surface area contributed by atoms with Crippen LogP contribution in [0.1, 0.15) is 12.5 Å². The molecule has 0 heterocycles. The molecule has 0 aliphatic carbocycles. The Morgan fingerprint density at radius 1 is 1.59 bits per heavy atom. The topological polar surface area (TPSA) is 75.4 Å². The predicted octanol–water partition coefficient (Wildman–Crippen LogP) is 2.39. The summed E-state index contributed by atoms with van der Waals surface area (Å²) in [6.07, 6.45) is 0. The summed E-state index contributed by atoms with van der Waals surface area (Å²) in [5.74, 6) is 0.786. The number of nitrogens with zero attached hydrogens (tertiary/aromatic N) is 1. The Labute approximate surface area is 104 Å². The third kappa shape index (κ3) is 4.62. The van der Waals surface area contributed by atoms with E-state index in [1.165, 1.54) is 17.8 Å². The van der Waals surface area contributed by atoms with E-state index in [1.807, 2.05) is 6.92 Å². The minimum Gasteiger partial charge on any atom is -0.384 e. The quantitative estimate of drug-likeness (QED) is 0.354. The van der Waals surface area contributed by atoms with E-state index in [1.54, 1.807) is 19.1 Å². The Kier molecular flexibility index (Phi) is 5.24. The van der Waals surface area contributed by atoms with Crippen LogP contribution in [0.2, 0.25) is 0 Å². The molecule has 17 heavy (non-hydrogen) atoms. The Morgan fingerprint density at radius 3 is 2.82 bits per heavy atom. The first-order valence-corrected chi connectivity index (χ1v) is 6.34. The highest BCUT2D eigenvalue weighted by molar-refractivity contribution is 7.99. The maximum atomic E-state index is 10.6. The van der Waals surface area contributed by atoms with Crippen LogP contribution in [0, 0.1) is 17.0 Å². The first-order valence-electron chi connectivity index (χ1n) is 5.29. The molecule has 5 nitrogen and oxygen atoms in total. The molecule has 0 amide bonds.